The topological polar surface area (TPSA) is 63.6 Å². The fraction of sp³-hybridized carbons (Fsp3) is 0.190. The molecule has 0 bridgehead atoms. The summed E-state index contributed by atoms with van der Waals surface area (Å²) in [5.41, 5.74) is 4.05. The molecule has 0 radical (unpaired) electrons. The third-order valence-corrected chi connectivity index (χ3v) is 4.87. The Morgan fingerprint density at radius 1 is 1.33 bits per heavy atom. The Balaban J connectivity index is 1.95. The zero-order valence-electron chi connectivity index (χ0n) is 15.4. The van der Waals surface area contributed by atoms with Gasteiger partial charge in [0, 0.05) is 47.3 Å². The van der Waals surface area contributed by atoms with E-state index in [-0.39, 0.29) is 11.4 Å². The van der Waals surface area contributed by atoms with Crippen molar-refractivity contribution in [3.63, 3.8) is 0 Å². The third-order valence-electron chi connectivity index (χ3n) is 4.51. The molecule has 2 heterocycles. The van der Waals surface area contributed by atoms with Crippen molar-refractivity contribution < 1.29 is 4.79 Å². The third kappa shape index (κ3) is 3.86. The van der Waals surface area contributed by atoms with Gasteiger partial charge in [0.25, 0.3) is 0 Å². The summed E-state index contributed by atoms with van der Waals surface area (Å²) in [6.07, 6.45) is 4.94. The molecule has 5 nitrogen and oxygen atoms in total. The lowest BCUT2D eigenvalue weighted by molar-refractivity contribution is 0.103. The summed E-state index contributed by atoms with van der Waals surface area (Å²) in [6, 6.07) is 11.5. The summed E-state index contributed by atoms with van der Waals surface area (Å²) in [6.45, 7) is 4.40. The van der Waals surface area contributed by atoms with Gasteiger partial charge >= 0.3 is 0 Å². The summed E-state index contributed by atoms with van der Waals surface area (Å²) in [7, 11) is 1.79. The van der Waals surface area contributed by atoms with E-state index in [0.717, 1.165) is 17.0 Å². The van der Waals surface area contributed by atoms with Crippen molar-refractivity contribution >= 4 is 23.5 Å². The van der Waals surface area contributed by atoms with Gasteiger partial charge in [-0.05, 0) is 37.6 Å². The Kier molecular flexibility index (Phi) is 5.29. The molecule has 0 unspecified atom stereocenters. The van der Waals surface area contributed by atoms with E-state index in [1.165, 1.54) is 0 Å². The van der Waals surface area contributed by atoms with Crippen LogP contribution >= 0.6 is 11.6 Å². The standard InChI is InChI=1S/C21H19ClN4O/c1-14-8-19(15(2)26(14)13-17-6-4-5-7-20(17)22)21(27)18(10-23)9-16-11-24-25(3)12-16/h4-9,11-12H,13H2,1-3H3/b18-9+. The Morgan fingerprint density at radius 2 is 2.07 bits per heavy atom. The molecular formula is C21H19ClN4O. The van der Waals surface area contributed by atoms with Crippen LogP contribution < -0.4 is 0 Å². The maximum absolute atomic E-state index is 12.9. The van der Waals surface area contributed by atoms with Crippen LogP contribution in [0, 0.1) is 25.2 Å². The first-order chi connectivity index (χ1) is 12.9. The fourth-order valence-corrected chi connectivity index (χ4v) is 3.24. The van der Waals surface area contributed by atoms with Crippen LogP contribution in [-0.2, 0) is 13.6 Å². The summed E-state index contributed by atoms with van der Waals surface area (Å²) < 4.78 is 3.66. The maximum atomic E-state index is 12.9. The van der Waals surface area contributed by atoms with Crippen molar-refractivity contribution in [2.45, 2.75) is 20.4 Å². The minimum atomic E-state index is -0.292. The second-order valence-corrected chi connectivity index (χ2v) is 6.82. The number of hydrogen-bond donors (Lipinski definition) is 0. The van der Waals surface area contributed by atoms with Crippen LogP contribution in [0.3, 0.4) is 0 Å². The molecule has 3 aromatic rings. The summed E-state index contributed by atoms with van der Waals surface area (Å²) >= 11 is 6.27. The molecule has 0 fully saturated rings. The van der Waals surface area contributed by atoms with Crippen LogP contribution in [0.25, 0.3) is 6.08 Å². The largest absolute Gasteiger partial charge is 0.344 e. The molecule has 0 aliphatic heterocycles. The van der Waals surface area contributed by atoms with Gasteiger partial charge in [-0.3, -0.25) is 9.48 Å². The van der Waals surface area contributed by atoms with Crippen molar-refractivity contribution in [2.75, 3.05) is 0 Å². The van der Waals surface area contributed by atoms with E-state index in [1.807, 2.05) is 54.8 Å². The van der Waals surface area contributed by atoms with Gasteiger partial charge in [-0.15, -0.1) is 0 Å². The lowest BCUT2D eigenvalue weighted by Crippen LogP contribution is -2.07. The van der Waals surface area contributed by atoms with E-state index in [4.69, 9.17) is 11.6 Å². The monoisotopic (exact) mass is 378 g/mol. The van der Waals surface area contributed by atoms with Gasteiger partial charge < -0.3 is 4.57 Å². The average molecular weight is 379 g/mol. The van der Waals surface area contributed by atoms with Crippen molar-refractivity contribution in [3.8, 4) is 6.07 Å². The lowest BCUT2D eigenvalue weighted by atomic mass is 10.0. The highest BCUT2D eigenvalue weighted by Gasteiger charge is 2.20. The predicted molar refractivity (Wildman–Crippen MR) is 106 cm³/mol. The summed E-state index contributed by atoms with van der Waals surface area (Å²) in [5.74, 6) is -0.292. The maximum Gasteiger partial charge on any atom is 0.205 e. The lowest BCUT2D eigenvalue weighted by Gasteiger charge is -2.11. The van der Waals surface area contributed by atoms with Gasteiger partial charge in [-0.1, -0.05) is 29.8 Å². The van der Waals surface area contributed by atoms with Crippen LogP contribution in [-0.4, -0.2) is 20.1 Å². The van der Waals surface area contributed by atoms with Crippen LogP contribution in [0.5, 0.6) is 0 Å². The number of nitrogens with zero attached hydrogens (tertiary/aromatic N) is 4. The molecule has 0 aliphatic rings. The molecule has 136 valence electrons. The zero-order chi connectivity index (χ0) is 19.6. The number of aromatic nitrogens is 3. The highest BCUT2D eigenvalue weighted by molar-refractivity contribution is 6.31. The molecular weight excluding hydrogens is 360 g/mol. The molecule has 0 saturated carbocycles. The number of carbonyl (C=O) groups excluding carboxylic acids is 1. The van der Waals surface area contributed by atoms with Gasteiger partial charge in [0.1, 0.15) is 11.6 Å². The minimum absolute atomic E-state index is 0.0843. The van der Waals surface area contributed by atoms with Crippen LogP contribution in [0.2, 0.25) is 5.02 Å². The first kappa shape index (κ1) is 18.7. The molecule has 1 aromatic carbocycles. The van der Waals surface area contributed by atoms with Crippen molar-refractivity contribution in [1.29, 1.82) is 5.26 Å². The number of ketones is 1. The number of halogens is 1. The second-order valence-electron chi connectivity index (χ2n) is 6.41. The van der Waals surface area contributed by atoms with E-state index in [1.54, 1.807) is 30.2 Å². The van der Waals surface area contributed by atoms with Crippen molar-refractivity contribution in [3.05, 3.63) is 81.4 Å². The normalized spacial score (nSPS) is 11.4. The number of nitriles is 1. The molecule has 0 N–H and O–H groups in total. The molecule has 6 heteroatoms. The molecule has 2 aromatic heterocycles. The number of benzene rings is 1. The number of rotatable bonds is 5. The quantitative estimate of drug-likeness (QED) is 0.377. The van der Waals surface area contributed by atoms with E-state index in [0.29, 0.717) is 22.7 Å². The first-order valence-electron chi connectivity index (χ1n) is 8.46. The fourth-order valence-electron chi connectivity index (χ4n) is 3.05. The van der Waals surface area contributed by atoms with Gasteiger partial charge in [0.05, 0.1) is 6.20 Å². The Bertz CT molecular complexity index is 1080. The number of aryl methyl sites for hydroxylation is 2. The Hall–Kier alpha value is -3.10. The molecule has 27 heavy (non-hydrogen) atoms. The smallest absolute Gasteiger partial charge is 0.205 e. The van der Waals surface area contributed by atoms with Gasteiger partial charge in [-0.25, -0.2) is 0 Å². The predicted octanol–water partition coefficient (Wildman–Crippen LogP) is 4.33. The van der Waals surface area contributed by atoms with Gasteiger partial charge in [0.15, 0.2) is 0 Å². The average Bonchev–Trinajstić information content (AvgIpc) is 3.18. The van der Waals surface area contributed by atoms with Crippen molar-refractivity contribution in [1.82, 2.24) is 14.3 Å². The van der Waals surface area contributed by atoms with E-state index < -0.39 is 0 Å². The second kappa shape index (κ2) is 7.65. The molecule has 3 rings (SSSR count). The van der Waals surface area contributed by atoms with Crippen LogP contribution in [0.1, 0.15) is 32.9 Å². The van der Waals surface area contributed by atoms with Crippen LogP contribution in [0.15, 0.2) is 48.3 Å². The number of hydrogen-bond acceptors (Lipinski definition) is 3. The Labute approximate surface area is 163 Å². The molecule has 0 aliphatic carbocycles. The number of allylic oxidation sites excluding steroid dienone is 1. The SMILES string of the molecule is Cc1cc(C(=O)/C(C#N)=C/c2cnn(C)c2)c(C)n1Cc1ccccc1Cl. The number of Topliss-reactive ketones (excluding diaryl/α,β-unsaturated/α-hetero) is 1. The van der Waals surface area contributed by atoms with E-state index in [2.05, 4.69) is 5.10 Å². The molecule has 0 spiro atoms. The van der Waals surface area contributed by atoms with E-state index in [9.17, 15) is 10.1 Å². The van der Waals surface area contributed by atoms with Gasteiger partial charge in [0.2, 0.25) is 5.78 Å². The zero-order valence-corrected chi connectivity index (χ0v) is 16.2. The molecule has 0 atom stereocenters. The minimum Gasteiger partial charge on any atom is -0.344 e. The highest BCUT2D eigenvalue weighted by atomic mass is 35.5. The summed E-state index contributed by atoms with van der Waals surface area (Å²) in [4.78, 5) is 12.9. The van der Waals surface area contributed by atoms with Crippen molar-refractivity contribution in [2.24, 2.45) is 7.05 Å². The summed E-state index contributed by atoms with van der Waals surface area (Å²) in [5, 5.41) is 14.2. The first-order valence-corrected chi connectivity index (χ1v) is 8.83. The van der Waals surface area contributed by atoms with Gasteiger partial charge in [-0.2, -0.15) is 10.4 Å². The molecule has 0 amide bonds. The molecule has 0 saturated heterocycles. The number of carbonyl (C=O) groups is 1. The Morgan fingerprint density at radius 3 is 2.70 bits per heavy atom. The highest BCUT2D eigenvalue weighted by Crippen LogP contribution is 2.23. The van der Waals surface area contributed by atoms with E-state index >= 15 is 0 Å². The van der Waals surface area contributed by atoms with Crippen LogP contribution in [0.4, 0.5) is 0 Å².